The van der Waals surface area contributed by atoms with Gasteiger partial charge in [0, 0.05) is 12.0 Å². The van der Waals surface area contributed by atoms with Gasteiger partial charge in [-0.15, -0.1) is 0 Å². The highest BCUT2D eigenvalue weighted by Gasteiger charge is 2.38. The van der Waals surface area contributed by atoms with E-state index in [1.807, 2.05) is 6.07 Å². The van der Waals surface area contributed by atoms with E-state index in [4.69, 9.17) is 0 Å². The fraction of sp³-hybridized carbons (Fsp3) is 0.500. The Balaban J connectivity index is 2.06. The molecule has 0 spiro atoms. The van der Waals surface area contributed by atoms with Gasteiger partial charge in [0.15, 0.2) is 0 Å². The summed E-state index contributed by atoms with van der Waals surface area (Å²) in [5, 5.41) is 0. The van der Waals surface area contributed by atoms with Gasteiger partial charge in [-0.3, -0.25) is 4.79 Å². The minimum atomic E-state index is -1.90. The monoisotopic (exact) mass is 298 g/mol. The third-order valence-electron chi connectivity index (χ3n) is 3.39. The van der Waals surface area contributed by atoms with Crippen LogP contribution >= 0.6 is 15.9 Å². The Morgan fingerprint density at radius 1 is 1.29 bits per heavy atom. The van der Waals surface area contributed by atoms with Crippen LogP contribution in [-0.2, 0) is 0 Å². The Morgan fingerprint density at radius 3 is 2.47 bits per heavy atom. The Hall–Kier alpha value is -0.700. The molecule has 1 unspecified atom stereocenters. The average molecular weight is 299 g/mol. The Morgan fingerprint density at radius 2 is 1.88 bits per heavy atom. The van der Waals surface area contributed by atoms with Crippen LogP contribution < -0.4 is 0 Å². The van der Waals surface area contributed by atoms with E-state index >= 15 is 0 Å². The number of alkyl halides is 2. The van der Waals surface area contributed by atoms with Gasteiger partial charge in [0.25, 0.3) is 0 Å². The number of hydrogen-bond acceptors (Lipinski definition) is 1. The maximum Gasteiger partial charge on any atom is 0.227 e. The summed E-state index contributed by atoms with van der Waals surface area (Å²) in [4.78, 5) is 12.0. The lowest BCUT2D eigenvalue weighted by Gasteiger charge is -2.20. The van der Waals surface area contributed by atoms with Gasteiger partial charge >= 0.3 is 0 Å². The predicted molar refractivity (Wildman–Crippen MR) is 70.1 cm³/mol. The van der Waals surface area contributed by atoms with Gasteiger partial charge in [-0.2, -0.15) is 0 Å². The largest absolute Gasteiger partial charge is 0.290 e. The van der Waals surface area contributed by atoms with Crippen molar-refractivity contribution in [3.63, 3.8) is 0 Å². The maximum atomic E-state index is 14.4. The van der Waals surface area contributed by atoms with E-state index < -0.39 is 10.4 Å². The molecule has 0 aliphatic heterocycles. The summed E-state index contributed by atoms with van der Waals surface area (Å²) >= 11 is 2.98. The first kappa shape index (κ1) is 12.7. The van der Waals surface area contributed by atoms with Crippen molar-refractivity contribution >= 4 is 21.7 Å². The number of hydrogen-bond donors (Lipinski definition) is 0. The van der Waals surface area contributed by atoms with E-state index in [0.717, 1.165) is 25.7 Å². The summed E-state index contributed by atoms with van der Waals surface area (Å²) in [6.45, 7) is 0. The SMILES string of the molecule is O=C(c1ccccc1)C(F)(Br)CC1CCCC1. The molecule has 1 saturated carbocycles. The van der Waals surface area contributed by atoms with Crippen LogP contribution in [0.3, 0.4) is 0 Å². The van der Waals surface area contributed by atoms with Crippen molar-refractivity contribution in [2.24, 2.45) is 5.92 Å². The summed E-state index contributed by atoms with van der Waals surface area (Å²) < 4.78 is 12.5. The Labute approximate surface area is 110 Å². The maximum absolute atomic E-state index is 14.4. The van der Waals surface area contributed by atoms with Crippen molar-refractivity contribution in [1.29, 1.82) is 0 Å². The van der Waals surface area contributed by atoms with E-state index in [2.05, 4.69) is 15.9 Å². The van der Waals surface area contributed by atoms with Crippen LogP contribution in [0.25, 0.3) is 0 Å². The molecule has 1 fully saturated rings. The molecular formula is C14H16BrFO. The highest BCUT2D eigenvalue weighted by molar-refractivity contribution is 9.10. The molecule has 0 amide bonds. The molecule has 0 radical (unpaired) electrons. The van der Waals surface area contributed by atoms with Crippen molar-refractivity contribution < 1.29 is 9.18 Å². The van der Waals surface area contributed by atoms with Gasteiger partial charge in [0.2, 0.25) is 10.4 Å². The fourth-order valence-corrected chi connectivity index (χ4v) is 3.16. The summed E-state index contributed by atoms with van der Waals surface area (Å²) in [7, 11) is 0. The number of rotatable bonds is 4. The molecule has 1 aromatic rings. The summed E-state index contributed by atoms with van der Waals surface area (Å²) in [6, 6.07) is 8.65. The van der Waals surface area contributed by atoms with Crippen molar-refractivity contribution in [2.75, 3.05) is 0 Å². The molecule has 1 aromatic carbocycles. The van der Waals surface area contributed by atoms with Gasteiger partial charge in [-0.25, -0.2) is 4.39 Å². The highest BCUT2D eigenvalue weighted by Crippen LogP contribution is 2.38. The van der Waals surface area contributed by atoms with E-state index in [0.29, 0.717) is 17.9 Å². The van der Waals surface area contributed by atoms with Crippen LogP contribution in [-0.4, -0.2) is 10.4 Å². The number of halogens is 2. The van der Waals surface area contributed by atoms with Crippen molar-refractivity contribution in [1.82, 2.24) is 0 Å². The molecule has 0 N–H and O–H groups in total. The zero-order chi connectivity index (χ0) is 12.3. The summed E-state index contributed by atoms with van der Waals surface area (Å²) in [5.41, 5.74) is 0.435. The minimum Gasteiger partial charge on any atom is -0.290 e. The molecule has 1 aliphatic rings. The molecule has 1 nitrogen and oxygen atoms in total. The van der Waals surface area contributed by atoms with Gasteiger partial charge in [-0.1, -0.05) is 56.0 Å². The third-order valence-corrected chi connectivity index (χ3v) is 4.07. The van der Waals surface area contributed by atoms with E-state index in [1.165, 1.54) is 0 Å². The van der Waals surface area contributed by atoms with Crippen molar-refractivity contribution in [2.45, 2.75) is 36.7 Å². The van der Waals surface area contributed by atoms with E-state index in [9.17, 15) is 9.18 Å². The quantitative estimate of drug-likeness (QED) is 0.590. The highest BCUT2D eigenvalue weighted by atomic mass is 79.9. The van der Waals surface area contributed by atoms with Crippen LogP contribution in [0.1, 0.15) is 42.5 Å². The molecule has 1 atom stereocenters. The molecular weight excluding hydrogens is 283 g/mol. The van der Waals surface area contributed by atoms with Crippen molar-refractivity contribution in [3.8, 4) is 0 Å². The second-order valence-electron chi connectivity index (χ2n) is 4.75. The molecule has 0 aromatic heterocycles. The first-order chi connectivity index (χ1) is 8.09. The first-order valence-electron chi connectivity index (χ1n) is 6.07. The molecule has 92 valence electrons. The molecule has 0 saturated heterocycles. The lowest BCUT2D eigenvalue weighted by Crippen LogP contribution is -2.29. The van der Waals surface area contributed by atoms with Gasteiger partial charge in [0.1, 0.15) is 0 Å². The van der Waals surface area contributed by atoms with Crippen LogP contribution in [0, 0.1) is 5.92 Å². The number of ketones is 1. The van der Waals surface area contributed by atoms with Crippen molar-refractivity contribution in [3.05, 3.63) is 35.9 Å². The molecule has 1 aliphatic carbocycles. The van der Waals surface area contributed by atoms with E-state index in [1.54, 1.807) is 24.3 Å². The van der Waals surface area contributed by atoms with Gasteiger partial charge < -0.3 is 0 Å². The molecule has 2 rings (SSSR count). The summed E-state index contributed by atoms with van der Waals surface area (Å²) in [5.74, 6) is -0.114. The smallest absolute Gasteiger partial charge is 0.227 e. The summed E-state index contributed by atoms with van der Waals surface area (Å²) in [6.07, 6.45) is 4.69. The predicted octanol–water partition coefficient (Wildman–Crippen LogP) is 4.51. The zero-order valence-electron chi connectivity index (χ0n) is 9.66. The Bertz CT molecular complexity index is 382. The zero-order valence-corrected chi connectivity index (χ0v) is 11.2. The Kier molecular flexibility index (Phi) is 3.97. The molecule has 0 heterocycles. The van der Waals surface area contributed by atoms with Crippen LogP contribution in [0.2, 0.25) is 0 Å². The number of Topliss-reactive ketones (excluding diaryl/α,β-unsaturated/α-hetero) is 1. The molecule has 3 heteroatoms. The minimum absolute atomic E-state index is 0.292. The van der Waals surface area contributed by atoms with E-state index in [-0.39, 0.29) is 0 Å². The number of carbonyl (C=O) groups is 1. The number of carbonyl (C=O) groups excluding carboxylic acids is 1. The van der Waals surface area contributed by atoms with Crippen LogP contribution in [0.15, 0.2) is 30.3 Å². The topological polar surface area (TPSA) is 17.1 Å². The van der Waals surface area contributed by atoms with Crippen LogP contribution in [0.5, 0.6) is 0 Å². The normalized spacial score (nSPS) is 20.1. The molecule has 0 bridgehead atoms. The lowest BCUT2D eigenvalue weighted by atomic mass is 9.96. The lowest BCUT2D eigenvalue weighted by molar-refractivity contribution is 0.0815. The second-order valence-corrected chi connectivity index (χ2v) is 6.01. The third kappa shape index (κ3) is 3.15. The fourth-order valence-electron chi connectivity index (χ4n) is 2.47. The molecule has 17 heavy (non-hydrogen) atoms. The average Bonchev–Trinajstić information content (AvgIpc) is 2.81. The first-order valence-corrected chi connectivity index (χ1v) is 6.86. The standard InChI is InChI=1S/C14H16BrFO/c15-14(16,10-11-6-4-5-7-11)13(17)12-8-2-1-3-9-12/h1-3,8-9,11H,4-7,10H2. The second kappa shape index (κ2) is 5.30. The number of benzene rings is 1. The van der Waals surface area contributed by atoms with Gasteiger partial charge in [0.05, 0.1) is 0 Å². The van der Waals surface area contributed by atoms with Gasteiger partial charge in [-0.05, 0) is 21.8 Å². The van der Waals surface area contributed by atoms with Crippen LogP contribution in [0.4, 0.5) is 4.39 Å².